The summed E-state index contributed by atoms with van der Waals surface area (Å²) in [5.74, 6) is -1.04. The Balaban J connectivity index is 1.80. The number of piperidine rings is 1. The molecule has 1 fully saturated rings. The van der Waals surface area contributed by atoms with Crippen LogP contribution in [-0.2, 0) is 26.3 Å². The second kappa shape index (κ2) is 9.09. The highest BCUT2D eigenvalue weighted by atomic mass is 16.5. The standard InChI is InChI=1S/C22H27N5O3/c1-22(19-11-24-14-25-19,9-15-4-6-16(10-23)7-5-15)26-20(28)17-8-18(21(29)30-3)13-27(2)12-17/h4-7,11,14,17-18H,8-9,12-13H2,1-3H3,(H,24,25)(H,26,28). The first kappa shape index (κ1) is 21.5. The van der Waals surface area contributed by atoms with Crippen molar-refractivity contribution in [3.8, 4) is 6.07 Å². The number of nitrogens with zero attached hydrogens (tertiary/aromatic N) is 3. The molecule has 2 aromatic rings. The van der Waals surface area contributed by atoms with Crippen LogP contribution in [0.4, 0.5) is 0 Å². The van der Waals surface area contributed by atoms with E-state index in [1.165, 1.54) is 7.11 Å². The van der Waals surface area contributed by atoms with Crippen molar-refractivity contribution in [3.05, 3.63) is 53.6 Å². The van der Waals surface area contributed by atoms with Crippen molar-refractivity contribution in [2.75, 3.05) is 27.2 Å². The number of amides is 1. The molecule has 0 aliphatic carbocycles. The SMILES string of the molecule is COC(=O)C1CC(C(=O)NC(C)(Cc2ccc(C#N)cc2)c2cnc[nH]2)CN(C)C1. The zero-order valence-electron chi connectivity index (χ0n) is 17.5. The lowest BCUT2D eigenvalue weighted by atomic mass is 9.85. The van der Waals surface area contributed by atoms with Crippen LogP contribution in [0.15, 0.2) is 36.8 Å². The fourth-order valence-corrected chi connectivity index (χ4v) is 4.09. The van der Waals surface area contributed by atoms with Gasteiger partial charge in [0, 0.05) is 19.5 Å². The van der Waals surface area contributed by atoms with E-state index in [2.05, 4.69) is 21.4 Å². The van der Waals surface area contributed by atoms with Crippen molar-refractivity contribution in [1.29, 1.82) is 5.26 Å². The first-order valence-corrected chi connectivity index (χ1v) is 9.91. The van der Waals surface area contributed by atoms with E-state index < -0.39 is 5.54 Å². The number of aromatic amines is 1. The van der Waals surface area contributed by atoms with Gasteiger partial charge in [-0.3, -0.25) is 9.59 Å². The van der Waals surface area contributed by atoms with Gasteiger partial charge in [-0.2, -0.15) is 5.26 Å². The quantitative estimate of drug-likeness (QED) is 0.701. The molecule has 3 rings (SSSR count). The number of methoxy groups -OCH3 is 1. The molecule has 2 heterocycles. The smallest absolute Gasteiger partial charge is 0.309 e. The average molecular weight is 409 g/mol. The summed E-state index contributed by atoms with van der Waals surface area (Å²) < 4.78 is 4.89. The number of aromatic nitrogens is 2. The Kier molecular flexibility index (Phi) is 6.53. The highest BCUT2D eigenvalue weighted by Gasteiger charge is 2.38. The summed E-state index contributed by atoms with van der Waals surface area (Å²) in [6.45, 7) is 3.11. The van der Waals surface area contributed by atoms with Gasteiger partial charge in [0.05, 0.1) is 54.3 Å². The average Bonchev–Trinajstić information content (AvgIpc) is 3.29. The molecular weight excluding hydrogens is 382 g/mol. The van der Waals surface area contributed by atoms with Gasteiger partial charge in [0.15, 0.2) is 0 Å². The van der Waals surface area contributed by atoms with E-state index in [0.717, 1.165) is 11.3 Å². The minimum absolute atomic E-state index is 0.110. The number of rotatable bonds is 6. The number of H-pyrrole nitrogens is 1. The van der Waals surface area contributed by atoms with Crippen molar-refractivity contribution in [3.63, 3.8) is 0 Å². The highest BCUT2D eigenvalue weighted by molar-refractivity contribution is 5.81. The maximum atomic E-state index is 13.2. The van der Waals surface area contributed by atoms with Crippen LogP contribution >= 0.6 is 0 Å². The number of benzene rings is 1. The predicted octanol–water partition coefficient (Wildman–Crippen LogP) is 1.60. The number of carbonyl (C=O) groups excluding carboxylic acids is 2. The van der Waals surface area contributed by atoms with Gasteiger partial charge in [0.2, 0.25) is 5.91 Å². The molecule has 0 spiro atoms. The lowest BCUT2D eigenvalue weighted by Gasteiger charge is -2.36. The van der Waals surface area contributed by atoms with Crippen LogP contribution < -0.4 is 5.32 Å². The number of carbonyl (C=O) groups is 2. The van der Waals surface area contributed by atoms with E-state index >= 15 is 0 Å². The Morgan fingerprint density at radius 1 is 1.33 bits per heavy atom. The summed E-state index contributed by atoms with van der Waals surface area (Å²) in [6, 6.07) is 9.42. The molecule has 0 bridgehead atoms. The molecule has 1 aliphatic heterocycles. The fourth-order valence-electron chi connectivity index (χ4n) is 4.09. The number of ether oxygens (including phenoxy) is 1. The summed E-state index contributed by atoms with van der Waals surface area (Å²) >= 11 is 0. The van der Waals surface area contributed by atoms with Crippen molar-refractivity contribution in [2.24, 2.45) is 11.8 Å². The topological polar surface area (TPSA) is 111 Å². The van der Waals surface area contributed by atoms with Crippen molar-refractivity contribution in [2.45, 2.75) is 25.3 Å². The van der Waals surface area contributed by atoms with Gasteiger partial charge < -0.3 is 19.9 Å². The lowest BCUT2D eigenvalue weighted by molar-refractivity contribution is -0.148. The van der Waals surface area contributed by atoms with Crippen molar-refractivity contribution >= 4 is 11.9 Å². The van der Waals surface area contributed by atoms with Gasteiger partial charge in [0.25, 0.3) is 0 Å². The number of esters is 1. The third-order valence-electron chi connectivity index (χ3n) is 5.67. The number of nitriles is 1. The molecule has 1 aromatic heterocycles. The summed E-state index contributed by atoms with van der Waals surface area (Å²) in [7, 11) is 3.28. The highest BCUT2D eigenvalue weighted by Crippen LogP contribution is 2.27. The summed E-state index contributed by atoms with van der Waals surface area (Å²) in [5.41, 5.74) is 1.64. The maximum Gasteiger partial charge on any atom is 0.309 e. The minimum Gasteiger partial charge on any atom is -0.469 e. The molecule has 158 valence electrons. The third-order valence-corrected chi connectivity index (χ3v) is 5.67. The second-order valence-corrected chi connectivity index (χ2v) is 8.15. The molecule has 8 heteroatoms. The van der Waals surface area contributed by atoms with Crippen molar-refractivity contribution < 1.29 is 14.3 Å². The molecule has 1 amide bonds. The summed E-state index contributed by atoms with van der Waals surface area (Å²) in [5, 5.41) is 12.2. The Hall–Kier alpha value is -3.18. The fraction of sp³-hybridized carbons (Fsp3) is 0.455. The van der Waals surface area contributed by atoms with Crippen LogP contribution in [-0.4, -0.2) is 54.0 Å². The number of imidazole rings is 1. The summed E-state index contributed by atoms with van der Waals surface area (Å²) in [4.78, 5) is 34.5. The molecule has 3 atom stereocenters. The predicted molar refractivity (Wildman–Crippen MR) is 110 cm³/mol. The second-order valence-electron chi connectivity index (χ2n) is 8.15. The van der Waals surface area contributed by atoms with E-state index in [1.54, 1.807) is 24.7 Å². The Morgan fingerprint density at radius 2 is 2.03 bits per heavy atom. The van der Waals surface area contributed by atoms with E-state index in [1.807, 2.05) is 31.0 Å². The lowest BCUT2D eigenvalue weighted by Crippen LogP contribution is -2.52. The monoisotopic (exact) mass is 409 g/mol. The van der Waals surface area contributed by atoms with E-state index in [0.29, 0.717) is 31.5 Å². The van der Waals surface area contributed by atoms with Crippen LogP contribution in [0.25, 0.3) is 0 Å². The summed E-state index contributed by atoms with van der Waals surface area (Å²) in [6.07, 6.45) is 4.27. The van der Waals surface area contributed by atoms with Gasteiger partial charge in [0.1, 0.15) is 0 Å². The molecule has 1 saturated heterocycles. The van der Waals surface area contributed by atoms with E-state index in [9.17, 15) is 9.59 Å². The number of nitrogens with one attached hydrogen (secondary N) is 2. The molecule has 0 saturated carbocycles. The van der Waals surface area contributed by atoms with Crippen LogP contribution in [0.5, 0.6) is 0 Å². The molecular formula is C22H27N5O3. The van der Waals surface area contributed by atoms with Crippen molar-refractivity contribution in [1.82, 2.24) is 20.2 Å². The number of hydrogen-bond donors (Lipinski definition) is 2. The van der Waals surface area contributed by atoms with Gasteiger partial charge in [-0.25, -0.2) is 4.98 Å². The molecule has 1 aromatic carbocycles. The zero-order chi connectivity index (χ0) is 21.7. The van der Waals surface area contributed by atoms with Gasteiger partial charge in [-0.1, -0.05) is 12.1 Å². The molecule has 3 unspecified atom stereocenters. The Morgan fingerprint density at radius 3 is 2.63 bits per heavy atom. The Labute approximate surface area is 176 Å². The van der Waals surface area contributed by atoms with Crippen LogP contribution in [0.3, 0.4) is 0 Å². The van der Waals surface area contributed by atoms with Crippen LogP contribution in [0.1, 0.15) is 30.2 Å². The Bertz CT molecular complexity index is 919. The van der Waals surface area contributed by atoms with Gasteiger partial charge in [-0.15, -0.1) is 0 Å². The first-order chi connectivity index (χ1) is 14.3. The van der Waals surface area contributed by atoms with Gasteiger partial charge >= 0.3 is 5.97 Å². The normalized spacial score (nSPS) is 21.3. The molecule has 0 radical (unpaired) electrons. The largest absolute Gasteiger partial charge is 0.469 e. The number of likely N-dealkylation sites (tertiary alicyclic amines) is 1. The van der Waals surface area contributed by atoms with Crippen LogP contribution in [0, 0.1) is 23.2 Å². The van der Waals surface area contributed by atoms with E-state index in [-0.39, 0.29) is 23.7 Å². The number of hydrogen-bond acceptors (Lipinski definition) is 6. The molecule has 1 aliphatic rings. The van der Waals surface area contributed by atoms with Gasteiger partial charge in [-0.05, 0) is 38.1 Å². The van der Waals surface area contributed by atoms with E-state index in [4.69, 9.17) is 10.00 Å². The third kappa shape index (κ3) is 4.86. The maximum absolute atomic E-state index is 13.2. The molecule has 2 N–H and O–H groups in total. The van der Waals surface area contributed by atoms with Crippen LogP contribution in [0.2, 0.25) is 0 Å². The minimum atomic E-state index is -0.724. The first-order valence-electron chi connectivity index (χ1n) is 9.91. The molecule has 30 heavy (non-hydrogen) atoms. The zero-order valence-corrected chi connectivity index (χ0v) is 17.5. The molecule has 8 nitrogen and oxygen atoms in total.